The van der Waals surface area contributed by atoms with Crippen molar-refractivity contribution in [2.75, 3.05) is 5.32 Å². The normalized spacial score (nSPS) is 11.5. The molecule has 0 aliphatic rings. The second-order valence-corrected chi connectivity index (χ2v) is 8.45. The largest absolute Gasteiger partial charge is 0.573 e. The minimum Gasteiger partial charge on any atom is -0.420 e. The van der Waals surface area contributed by atoms with Crippen molar-refractivity contribution >= 4 is 45.5 Å². The summed E-state index contributed by atoms with van der Waals surface area (Å²) in [7, 11) is 0. The third-order valence-corrected chi connectivity index (χ3v) is 5.92. The summed E-state index contributed by atoms with van der Waals surface area (Å²) < 4.78 is 46.8. The van der Waals surface area contributed by atoms with Crippen molar-refractivity contribution in [3.63, 3.8) is 0 Å². The highest BCUT2D eigenvalue weighted by atomic mass is 35.5. The molecule has 2 heterocycles. The van der Waals surface area contributed by atoms with Crippen LogP contribution in [0.25, 0.3) is 11.5 Å². The molecule has 2 aromatic heterocycles. The number of thioether (sulfide) groups is 1. The van der Waals surface area contributed by atoms with Crippen LogP contribution in [-0.4, -0.2) is 26.8 Å². The fraction of sp³-hybridized carbons (Fsp3) is 0.111. The number of hydrogen-bond acceptors (Lipinski definition) is 9. The number of nitrogens with one attached hydrogen (secondary N) is 1. The van der Waals surface area contributed by atoms with Crippen molar-refractivity contribution in [1.82, 2.24) is 20.4 Å². The summed E-state index contributed by atoms with van der Waals surface area (Å²) in [5, 5.41) is 20.1. The van der Waals surface area contributed by atoms with Crippen molar-refractivity contribution in [2.24, 2.45) is 0 Å². The lowest BCUT2D eigenvalue weighted by molar-refractivity contribution is -0.274. The first-order valence-electron chi connectivity index (χ1n) is 8.52. The Balaban J connectivity index is 1.33. The Hall–Kier alpha value is -2.83. The number of rotatable bonds is 7. The van der Waals surface area contributed by atoms with Crippen molar-refractivity contribution in [3.05, 3.63) is 59.4 Å². The maximum Gasteiger partial charge on any atom is 0.573 e. The van der Waals surface area contributed by atoms with Crippen LogP contribution >= 0.6 is 34.7 Å². The molecule has 1 N–H and O–H groups in total. The highest BCUT2D eigenvalue weighted by Gasteiger charge is 2.30. The minimum atomic E-state index is -4.73. The van der Waals surface area contributed by atoms with Crippen LogP contribution < -0.4 is 10.1 Å². The van der Waals surface area contributed by atoms with E-state index in [0.717, 1.165) is 0 Å². The molecule has 0 aliphatic heterocycles. The zero-order valence-electron chi connectivity index (χ0n) is 15.3. The van der Waals surface area contributed by atoms with Gasteiger partial charge in [-0.25, -0.2) is 0 Å². The molecule has 13 heteroatoms. The van der Waals surface area contributed by atoms with Gasteiger partial charge in [-0.15, -0.1) is 33.6 Å². The number of aromatic nitrogens is 4. The summed E-state index contributed by atoms with van der Waals surface area (Å²) in [5.74, 6) is 0.821. The highest BCUT2D eigenvalue weighted by Crippen LogP contribution is 2.32. The van der Waals surface area contributed by atoms with Gasteiger partial charge in [0.15, 0.2) is 4.34 Å². The lowest BCUT2D eigenvalue weighted by Gasteiger charge is -2.09. The molecule has 0 saturated heterocycles. The van der Waals surface area contributed by atoms with Crippen molar-refractivity contribution in [3.8, 4) is 17.2 Å². The molecule has 7 nitrogen and oxygen atoms in total. The predicted octanol–water partition coefficient (Wildman–Crippen LogP) is 6.18. The monoisotopic (exact) mass is 485 g/mol. The average molecular weight is 486 g/mol. The van der Waals surface area contributed by atoms with Gasteiger partial charge in [-0.3, -0.25) is 0 Å². The summed E-state index contributed by atoms with van der Waals surface area (Å²) in [6.07, 6.45) is -4.73. The van der Waals surface area contributed by atoms with Crippen LogP contribution in [0.5, 0.6) is 5.75 Å². The first kappa shape index (κ1) is 21.4. The maximum absolute atomic E-state index is 12.2. The van der Waals surface area contributed by atoms with Gasteiger partial charge >= 0.3 is 6.36 Å². The molecular formula is C18H11ClF3N5O2S2. The van der Waals surface area contributed by atoms with Crippen LogP contribution in [0, 0.1) is 0 Å². The van der Waals surface area contributed by atoms with E-state index in [9.17, 15) is 13.2 Å². The molecule has 0 unspecified atom stereocenters. The zero-order chi connectivity index (χ0) is 21.8. The molecule has 0 bridgehead atoms. The number of alkyl halides is 3. The van der Waals surface area contributed by atoms with Gasteiger partial charge in [0.2, 0.25) is 16.9 Å². The number of anilines is 2. The minimum absolute atomic E-state index is 0.303. The quantitative estimate of drug-likeness (QED) is 0.311. The average Bonchev–Trinajstić information content (AvgIpc) is 3.37. The van der Waals surface area contributed by atoms with Gasteiger partial charge in [-0.2, -0.15) is 0 Å². The molecule has 0 radical (unpaired) electrons. The molecule has 2 aromatic carbocycles. The SMILES string of the molecule is FC(F)(F)Oc1ccc(Nc2nnc(SCc3nnc(-c4ccccc4Cl)o3)s2)cc1. The molecule has 4 aromatic rings. The van der Waals surface area contributed by atoms with Gasteiger partial charge in [0.05, 0.1) is 16.3 Å². The molecule has 31 heavy (non-hydrogen) atoms. The molecule has 0 atom stereocenters. The van der Waals surface area contributed by atoms with Crippen LogP contribution in [0.15, 0.2) is 57.3 Å². The number of hydrogen-bond donors (Lipinski definition) is 1. The summed E-state index contributed by atoms with van der Waals surface area (Å²) in [6, 6.07) is 12.5. The smallest absolute Gasteiger partial charge is 0.420 e. The number of nitrogens with zero attached hydrogens (tertiary/aromatic N) is 4. The number of benzene rings is 2. The second kappa shape index (κ2) is 9.12. The molecule has 0 saturated carbocycles. The van der Waals surface area contributed by atoms with Gasteiger partial charge < -0.3 is 14.5 Å². The highest BCUT2D eigenvalue weighted by molar-refractivity contribution is 8.00. The first-order valence-corrected chi connectivity index (χ1v) is 10.7. The summed E-state index contributed by atoms with van der Waals surface area (Å²) in [6.45, 7) is 0. The maximum atomic E-state index is 12.2. The standard InChI is InChI=1S/C18H11ClF3N5O2S2/c19-13-4-2-1-3-12(13)15-25-24-14(28-15)9-30-17-27-26-16(31-17)23-10-5-7-11(8-6-10)29-18(20,21)22/h1-8H,9H2,(H,23,26). The van der Waals surface area contributed by atoms with E-state index in [1.54, 1.807) is 12.1 Å². The van der Waals surface area contributed by atoms with Gasteiger partial charge in [0.25, 0.3) is 0 Å². The Kier molecular flexibility index (Phi) is 6.30. The number of ether oxygens (including phenoxy) is 1. The van der Waals surface area contributed by atoms with Crippen LogP contribution in [-0.2, 0) is 5.75 Å². The topological polar surface area (TPSA) is 86.0 Å². The van der Waals surface area contributed by atoms with Crippen molar-refractivity contribution < 1.29 is 22.3 Å². The molecule has 160 valence electrons. The molecule has 0 spiro atoms. The van der Waals surface area contributed by atoms with Crippen LogP contribution in [0.2, 0.25) is 5.02 Å². The van der Waals surface area contributed by atoms with Crippen molar-refractivity contribution in [2.45, 2.75) is 16.5 Å². The van der Waals surface area contributed by atoms with Crippen molar-refractivity contribution in [1.29, 1.82) is 0 Å². The van der Waals surface area contributed by atoms with Gasteiger partial charge in [-0.1, -0.05) is 46.8 Å². The Labute approximate surface area is 186 Å². The summed E-state index contributed by atoms with van der Waals surface area (Å²) in [5.41, 5.74) is 1.20. The predicted molar refractivity (Wildman–Crippen MR) is 111 cm³/mol. The van der Waals surface area contributed by atoms with Crippen LogP contribution in [0.3, 0.4) is 0 Å². The molecular weight excluding hydrogens is 475 g/mol. The lowest BCUT2D eigenvalue weighted by atomic mass is 10.2. The van der Waals surface area contributed by atoms with E-state index < -0.39 is 6.36 Å². The molecule has 0 fully saturated rings. The van der Waals surface area contributed by atoms with E-state index in [0.29, 0.717) is 43.3 Å². The third kappa shape index (κ3) is 5.87. The Bertz CT molecular complexity index is 1170. The molecule has 0 amide bonds. The molecule has 0 aliphatic carbocycles. The van der Waals surface area contributed by atoms with Gasteiger partial charge in [-0.05, 0) is 36.4 Å². The van der Waals surface area contributed by atoms with Gasteiger partial charge in [0.1, 0.15) is 5.75 Å². The van der Waals surface area contributed by atoms with E-state index in [4.69, 9.17) is 16.0 Å². The fourth-order valence-corrected chi connectivity index (χ4v) is 4.19. The summed E-state index contributed by atoms with van der Waals surface area (Å²) >= 11 is 8.76. The lowest BCUT2D eigenvalue weighted by Crippen LogP contribution is -2.16. The number of halogens is 4. The first-order chi connectivity index (χ1) is 14.9. The Morgan fingerprint density at radius 2 is 1.81 bits per heavy atom. The van der Waals surface area contributed by atoms with E-state index in [1.165, 1.54) is 47.4 Å². The Morgan fingerprint density at radius 1 is 1.03 bits per heavy atom. The third-order valence-electron chi connectivity index (χ3n) is 3.64. The van der Waals surface area contributed by atoms with Crippen LogP contribution in [0.1, 0.15) is 5.89 Å². The van der Waals surface area contributed by atoms with E-state index >= 15 is 0 Å². The fourth-order valence-electron chi connectivity index (χ4n) is 2.36. The zero-order valence-corrected chi connectivity index (χ0v) is 17.6. The summed E-state index contributed by atoms with van der Waals surface area (Å²) in [4.78, 5) is 0. The Morgan fingerprint density at radius 3 is 2.55 bits per heavy atom. The van der Waals surface area contributed by atoms with E-state index in [2.05, 4.69) is 30.4 Å². The van der Waals surface area contributed by atoms with Gasteiger partial charge in [0, 0.05) is 5.69 Å². The van der Waals surface area contributed by atoms with E-state index in [1.807, 2.05) is 12.1 Å². The second-order valence-electron chi connectivity index (χ2n) is 5.84. The van der Waals surface area contributed by atoms with E-state index in [-0.39, 0.29) is 5.75 Å². The van der Waals surface area contributed by atoms with Crippen LogP contribution in [0.4, 0.5) is 24.0 Å². The molecule has 4 rings (SSSR count).